The molecule has 19 heavy (non-hydrogen) atoms. The lowest BCUT2D eigenvalue weighted by Crippen LogP contribution is -2.36. The monoisotopic (exact) mass is 268 g/mol. The van der Waals surface area contributed by atoms with Gasteiger partial charge in [-0.2, -0.15) is 0 Å². The van der Waals surface area contributed by atoms with Crippen molar-refractivity contribution in [2.24, 2.45) is 0 Å². The minimum atomic E-state index is -1.18. The molecule has 0 bridgehead atoms. The van der Waals surface area contributed by atoms with Crippen LogP contribution in [-0.2, 0) is 4.79 Å². The second kappa shape index (κ2) is 6.81. The second-order valence-electron chi connectivity index (χ2n) is 3.91. The molecule has 0 saturated carbocycles. The molecule has 0 aliphatic heterocycles. The highest BCUT2D eigenvalue weighted by Gasteiger charge is 2.31. The Morgan fingerprint density at radius 3 is 2.58 bits per heavy atom. The maximum atomic E-state index is 11.4. The quantitative estimate of drug-likeness (QED) is 0.565. The lowest BCUT2D eigenvalue weighted by molar-refractivity contribution is -0.385. The van der Waals surface area contributed by atoms with Crippen molar-refractivity contribution in [3.8, 4) is 0 Å². The van der Waals surface area contributed by atoms with E-state index in [0.717, 1.165) is 0 Å². The van der Waals surface area contributed by atoms with Gasteiger partial charge < -0.3 is 10.2 Å². The third-order valence-corrected chi connectivity index (χ3v) is 2.82. The topological polar surface area (TPSA) is 104 Å². The average molecular weight is 268 g/mol. The highest BCUT2D eigenvalue weighted by Crippen LogP contribution is 2.29. The van der Waals surface area contributed by atoms with E-state index in [-0.39, 0.29) is 24.4 Å². The van der Waals surface area contributed by atoms with Crippen molar-refractivity contribution in [3.63, 3.8) is 0 Å². The lowest BCUT2D eigenvalue weighted by atomic mass is 10.0. The Kier molecular flexibility index (Phi) is 5.40. The Balaban J connectivity index is 3.26. The Morgan fingerprint density at radius 1 is 1.47 bits per heavy atom. The molecular weight excluding hydrogens is 252 g/mol. The van der Waals surface area contributed by atoms with E-state index in [1.807, 2.05) is 0 Å². The van der Waals surface area contributed by atoms with E-state index in [1.54, 1.807) is 13.0 Å². The fourth-order valence-corrected chi connectivity index (χ4v) is 1.97. The number of aliphatic carboxylic acids is 1. The van der Waals surface area contributed by atoms with Crippen LogP contribution in [0.2, 0.25) is 0 Å². The zero-order chi connectivity index (χ0) is 14.4. The van der Waals surface area contributed by atoms with Gasteiger partial charge in [-0.05, 0) is 12.6 Å². The van der Waals surface area contributed by atoms with Crippen LogP contribution in [0.4, 0.5) is 5.69 Å². The molecule has 2 N–H and O–H groups in total. The van der Waals surface area contributed by atoms with Gasteiger partial charge in [0.15, 0.2) is 0 Å². The number of carbonyl (C=O) groups is 1. The molecule has 0 amide bonds. The van der Waals surface area contributed by atoms with Crippen molar-refractivity contribution in [3.05, 3.63) is 39.9 Å². The zero-order valence-corrected chi connectivity index (χ0v) is 10.5. The number of nitrogens with zero attached hydrogens (tertiary/aromatic N) is 2. The summed E-state index contributed by atoms with van der Waals surface area (Å²) in [7, 11) is 0. The number of nitro benzene ring substituents is 1. The van der Waals surface area contributed by atoms with Crippen LogP contribution in [0.1, 0.15) is 18.5 Å². The summed E-state index contributed by atoms with van der Waals surface area (Å²) < 4.78 is 0. The molecule has 1 aromatic rings. The zero-order valence-electron chi connectivity index (χ0n) is 10.5. The second-order valence-corrected chi connectivity index (χ2v) is 3.91. The van der Waals surface area contributed by atoms with Gasteiger partial charge in [0.25, 0.3) is 5.69 Å². The molecular formula is C12H16N2O5. The summed E-state index contributed by atoms with van der Waals surface area (Å²) in [5.74, 6) is -1.18. The molecule has 0 aliphatic carbocycles. The van der Waals surface area contributed by atoms with Crippen molar-refractivity contribution >= 4 is 11.7 Å². The molecule has 7 heteroatoms. The first kappa shape index (κ1) is 15.1. The standard InChI is InChI=1S/C12H16N2O5/c1-2-13(7-8-15)11(12(16)17)9-5-3-4-6-10(9)14(18)19/h3-6,11,15H,2,7-8H2,1H3,(H,16,17). The number of carboxylic acids is 1. The summed E-state index contributed by atoms with van der Waals surface area (Å²) >= 11 is 0. The third kappa shape index (κ3) is 3.49. The number of aliphatic hydroxyl groups is 1. The molecule has 0 radical (unpaired) electrons. The molecule has 1 rings (SSSR count). The molecule has 0 fully saturated rings. The minimum Gasteiger partial charge on any atom is -0.480 e. The van der Waals surface area contributed by atoms with Crippen molar-refractivity contribution in [2.75, 3.05) is 19.7 Å². The number of likely N-dealkylation sites (N-methyl/N-ethyl adjacent to an activating group) is 1. The Morgan fingerprint density at radius 2 is 2.11 bits per heavy atom. The largest absolute Gasteiger partial charge is 0.480 e. The van der Waals surface area contributed by atoms with Gasteiger partial charge in [0.05, 0.1) is 17.1 Å². The first-order chi connectivity index (χ1) is 9.02. The van der Waals surface area contributed by atoms with Crippen LogP contribution in [0.3, 0.4) is 0 Å². The molecule has 0 aromatic heterocycles. The van der Waals surface area contributed by atoms with E-state index < -0.39 is 16.9 Å². The van der Waals surface area contributed by atoms with Gasteiger partial charge in [-0.3, -0.25) is 19.8 Å². The average Bonchev–Trinajstić information content (AvgIpc) is 2.38. The normalized spacial score (nSPS) is 12.4. The molecule has 1 unspecified atom stereocenters. The number of aliphatic hydroxyl groups excluding tert-OH is 1. The predicted molar refractivity (Wildman–Crippen MR) is 67.8 cm³/mol. The van der Waals surface area contributed by atoms with E-state index in [9.17, 15) is 20.0 Å². The van der Waals surface area contributed by atoms with Crippen molar-refractivity contribution in [2.45, 2.75) is 13.0 Å². The molecule has 0 heterocycles. The number of para-hydroxylation sites is 1. The smallest absolute Gasteiger partial charge is 0.325 e. The van der Waals surface area contributed by atoms with Crippen LogP contribution in [0.15, 0.2) is 24.3 Å². The van der Waals surface area contributed by atoms with Crippen LogP contribution < -0.4 is 0 Å². The first-order valence-electron chi connectivity index (χ1n) is 5.84. The van der Waals surface area contributed by atoms with Crippen LogP contribution in [0, 0.1) is 10.1 Å². The van der Waals surface area contributed by atoms with E-state index in [0.29, 0.717) is 6.54 Å². The Bertz CT molecular complexity index is 463. The number of rotatable bonds is 7. The summed E-state index contributed by atoms with van der Waals surface area (Å²) in [4.78, 5) is 23.2. The summed E-state index contributed by atoms with van der Waals surface area (Å²) in [6, 6.07) is 4.61. The number of benzene rings is 1. The molecule has 1 atom stereocenters. The number of hydrogen-bond acceptors (Lipinski definition) is 5. The van der Waals surface area contributed by atoms with E-state index in [4.69, 9.17) is 5.11 Å². The van der Waals surface area contributed by atoms with Gasteiger partial charge in [-0.25, -0.2) is 0 Å². The summed E-state index contributed by atoms with van der Waals surface area (Å²) in [5, 5.41) is 29.2. The lowest BCUT2D eigenvalue weighted by Gasteiger charge is -2.26. The first-order valence-corrected chi connectivity index (χ1v) is 5.84. The van der Waals surface area contributed by atoms with Gasteiger partial charge in [0, 0.05) is 12.6 Å². The van der Waals surface area contributed by atoms with Crippen LogP contribution in [0.5, 0.6) is 0 Å². The summed E-state index contributed by atoms with van der Waals surface area (Å²) in [6.07, 6.45) is 0. The van der Waals surface area contributed by atoms with Crippen LogP contribution in [0.25, 0.3) is 0 Å². The number of carboxylic acid groups (broad SMARTS) is 1. The van der Waals surface area contributed by atoms with Gasteiger partial charge in [0.2, 0.25) is 0 Å². The third-order valence-electron chi connectivity index (χ3n) is 2.82. The van der Waals surface area contributed by atoms with Crippen LogP contribution >= 0.6 is 0 Å². The van der Waals surface area contributed by atoms with Gasteiger partial charge >= 0.3 is 5.97 Å². The van der Waals surface area contributed by atoms with E-state index >= 15 is 0 Å². The fourth-order valence-electron chi connectivity index (χ4n) is 1.97. The maximum absolute atomic E-state index is 11.4. The highest BCUT2D eigenvalue weighted by atomic mass is 16.6. The molecule has 7 nitrogen and oxygen atoms in total. The predicted octanol–water partition coefficient (Wildman–Crippen LogP) is 1.03. The van der Waals surface area contributed by atoms with Gasteiger partial charge in [0.1, 0.15) is 6.04 Å². The van der Waals surface area contributed by atoms with Crippen molar-refractivity contribution in [1.29, 1.82) is 0 Å². The summed E-state index contributed by atoms with van der Waals surface area (Å²) in [6.45, 7) is 2.03. The molecule has 0 aliphatic rings. The molecule has 0 saturated heterocycles. The summed E-state index contributed by atoms with van der Waals surface area (Å²) in [5.41, 5.74) is -0.110. The Labute approximate surface area is 110 Å². The van der Waals surface area contributed by atoms with E-state index in [2.05, 4.69) is 0 Å². The van der Waals surface area contributed by atoms with Crippen molar-refractivity contribution in [1.82, 2.24) is 4.90 Å². The number of hydrogen-bond donors (Lipinski definition) is 2. The van der Waals surface area contributed by atoms with Crippen LogP contribution in [-0.4, -0.2) is 45.7 Å². The molecule has 1 aromatic carbocycles. The molecule has 104 valence electrons. The number of nitro groups is 1. The molecule has 0 spiro atoms. The minimum absolute atomic E-state index is 0.121. The van der Waals surface area contributed by atoms with Gasteiger partial charge in [-0.15, -0.1) is 0 Å². The van der Waals surface area contributed by atoms with Crippen molar-refractivity contribution < 1.29 is 19.9 Å². The fraction of sp³-hybridized carbons (Fsp3) is 0.417. The Hall–Kier alpha value is -1.99. The maximum Gasteiger partial charge on any atom is 0.325 e. The SMILES string of the molecule is CCN(CCO)C(C(=O)O)c1ccccc1[N+](=O)[O-]. The highest BCUT2D eigenvalue weighted by molar-refractivity contribution is 5.77. The van der Waals surface area contributed by atoms with E-state index in [1.165, 1.54) is 23.1 Å². The van der Waals surface area contributed by atoms with Gasteiger partial charge in [-0.1, -0.05) is 19.1 Å².